The molecule has 0 aliphatic rings. The molecule has 216 valence electrons. The maximum atomic E-state index is 13.3. The van der Waals surface area contributed by atoms with Crippen molar-refractivity contribution >= 4 is 16.8 Å². The van der Waals surface area contributed by atoms with E-state index in [4.69, 9.17) is 4.74 Å². The molecule has 2 N–H and O–H groups in total. The maximum Gasteiger partial charge on any atom is 0.196 e. The summed E-state index contributed by atoms with van der Waals surface area (Å²) in [4.78, 5) is 14.8. The van der Waals surface area contributed by atoms with Crippen molar-refractivity contribution in [2.75, 3.05) is 7.11 Å². The van der Waals surface area contributed by atoms with Gasteiger partial charge in [-0.1, -0.05) is 88.6 Å². The lowest BCUT2D eigenvalue weighted by molar-refractivity contribution is 0.103. The van der Waals surface area contributed by atoms with E-state index in [1.54, 1.807) is 36.4 Å². The molecule has 1 aromatic heterocycles. The van der Waals surface area contributed by atoms with Crippen LogP contribution in [0.25, 0.3) is 16.7 Å². The minimum absolute atomic E-state index is 0.00431. The number of unbranched alkanes of at least 4 members (excludes halogenated alkanes) is 2. The average Bonchev–Trinajstić information content (AvgIpc) is 3.43. The van der Waals surface area contributed by atoms with E-state index in [1.165, 1.54) is 11.9 Å². The van der Waals surface area contributed by atoms with Gasteiger partial charge in [0.05, 0.1) is 12.7 Å². The number of methoxy groups -OCH3 is 1. The Morgan fingerprint density at radius 3 is 2.19 bits per heavy atom. The number of aromatic hydroxyl groups is 2. The van der Waals surface area contributed by atoms with Gasteiger partial charge in [-0.3, -0.25) is 4.79 Å². The lowest BCUT2D eigenvalue weighted by Crippen LogP contribution is -2.18. The molecule has 0 spiro atoms. The molecule has 0 saturated carbocycles. The molecule has 0 fully saturated rings. The van der Waals surface area contributed by atoms with Gasteiger partial charge in [0.2, 0.25) is 0 Å². The fourth-order valence-electron chi connectivity index (χ4n) is 5.38. The zero-order valence-corrected chi connectivity index (χ0v) is 24.6. The first-order chi connectivity index (χ1) is 20.2. The molecular weight excluding hydrogens is 526 g/mol. The van der Waals surface area contributed by atoms with Crippen molar-refractivity contribution < 1.29 is 19.7 Å². The molecule has 4 aromatic carbocycles. The Kier molecular flexibility index (Phi) is 8.29. The summed E-state index contributed by atoms with van der Waals surface area (Å²) in [5.74, 6) is -0.0295. The second-order valence-corrected chi connectivity index (χ2v) is 11.3. The van der Waals surface area contributed by atoms with Gasteiger partial charge in [-0.2, -0.15) is 0 Å². The number of carbonyl (C=O) groups is 1. The first kappa shape index (κ1) is 28.9. The number of hydrogen-bond donors (Lipinski definition) is 2. The molecule has 42 heavy (non-hydrogen) atoms. The highest BCUT2D eigenvalue weighted by Crippen LogP contribution is 2.40. The third-order valence-corrected chi connectivity index (χ3v) is 7.97. The van der Waals surface area contributed by atoms with Crippen molar-refractivity contribution in [3.63, 3.8) is 0 Å². The topological polar surface area (TPSA) is 97.5 Å². The Hall–Kier alpha value is -4.65. The number of ketones is 1. The van der Waals surface area contributed by atoms with Gasteiger partial charge in [0.15, 0.2) is 5.78 Å². The minimum atomic E-state index is -0.292. The second-order valence-electron chi connectivity index (χ2n) is 11.3. The van der Waals surface area contributed by atoms with Gasteiger partial charge in [0, 0.05) is 23.1 Å². The molecule has 7 nitrogen and oxygen atoms in total. The van der Waals surface area contributed by atoms with Gasteiger partial charge < -0.3 is 14.9 Å². The van der Waals surface area contributed by atoms with Crippen LogP contribution in [0.15, 0.2) is 78.9 Å². The van der Waals surface area contributed by atoms with Gasteiger partial charge in [0.25, 0.3) is 0 Å². The van der Waals surface area contributed by atoms with Crippen LogP contribution in [0.4, 0.5) is 0 Å². The normalized spacial score (nSPS) is 11.6. The maximum absolute atomic E-state index is 13.3. The quantitative estimate of drug-likeness (QED) is 0.127. The molecule has 0 aliphatic carbocycles. The fraction of sp³-hybridized carbons (Fsp3) is 0.286. The van der Waals surface area contributed by atoms with Crippen LogP contribution in [-0.4, -0.2) is 38.1 Å². The molecule has 0 aliphatic heterocycles. The van der Waals surface area contributed by atoms with Crippen LogP contribution in [-0.2, 0) is 11.8 Å². The summed E-state index contributed by atoms with van der Waals surface area (Å²) in [7, 11) is 1.52. The summed E-state index contributed by atoms with van der Waals surface area (Å²) in [6.45, 7) is 6.59. The van der Waals surface area contributed by atoms with Gasteiger partial charge >= 0.3 is 0 Å². The first-order valence-electron chi connectivity index (χ1n) is 14.4. The molecule has 7 heteroatoms. The van der Waals surface area contributed by atoms with Crippen molar-refractivity contribution in [2.45, 2.75) is 58.3 Å². The number of phenolic OH excluding ortho intramolecular Hbond substituents is 2. The van der Waals surface area contributed by atoms with Crippen molar-refractivity contribution in [3.8, 4) is 22.9 Å². The average molecular weight is 564 g/mol. The predicted octanol–water partition coefficient (Wildman–Crippen LogP) is 7.52. The van der Waals surface area contributed by atoms with Crippen LogP contribution in [0.3, 0.4) is 0 Å². The Morgan fingerprint density at radius 2 is 1.55 bits per heavy atom. The van der Waals surface area contributed by atoms with Crippen LogP contribution < -0.4 is 4.74 Å². The number of phenols is 2. The van der Waals surface area contributed by atoms with Crippen LogP contribution in [0, 0.1) is 0 Å². The SMILES string of the molecule is CCCCCC(C)(C)c1cc(Cc2c(OC)ccc(C(=O)c3ccccc3)c2O)c(O)c(-n2nc3ccccc3n2)c1. The van der Waals surface area contributed by atoms with Crippen molar-refractivity contribution in [1.29, 1.82) is 0 Å². The molecule has 0 bridgehead atoms. The fourth-order valence-corrected chi connectivity index (χ4v) is 5.38. The molecule has 1 heterocycles. The van der Waals surface area contributed by atoms with Crippen LogP contribution in [0.5, 0.6) is 17.2 Å². The van der Waals surface area contributed by atoms with Crippen LogP contribution in [0.1, 0.15) is 79.1 Å². The predicted molar refractivity (Wildman–Crippen MR) is 165 cm³/mol. The van der Waals surface area contributed by atoms with E-state index in [0.29, 0.717) is 28.1 Å². The molecule has 0 amide bonds. The van der Waals surface area contributed by atoms with E-state index in [-0.39, 0.29) is 34.7 Å². The summed E-state index contributed by atoms with van der Waals surface area (Å²) in [6, 6.07) is 23.6. The number of carbonyl (C=O) groups excluding carboxylic acids is 1. The van der Waals surface area contributed by atoms with Crippen LogP contribution >= 0.6 is 0 Å². The van der Waals surface area contributed by atoms with E-state index in [2.05, 4.69) is 31.0 Å². The number of benzene rings is 4. The van der Waals surface area contributed by atoms with Crippen LogP contribution in [0.2, 0.25) is 0 Å². The van der Waals surface area contributed by atoms with Crippen molar-refractivity contribution in [3.05, 3.63) is 107 Å². The Balaban J connectivity index is 1.64. The summed E-state index contributed by atoms with van der Waals surface area (Å²) in [5.41, 5.74) is 4.36. The lowest BCUT2D eigenvalue weighted by Gasteiger charge is -2.27. The highest BCUT2D eigenvalue weighted by Gasteiger charge is 2.27. The largest absolute Gasteiger partial charge is 0.507 e. The van der Waals surface area contributed by atoms with Crippen molar-refractivity contribution in [1.82, 2.24) is 15.0 Å². The summed E-state index contributed by atoms with van der Waals surface area (Å²) in [5, 5.41) is 32.4. The number of rotatable bonds is 11. The summed E-state index contributed by atoms with van der Waals surface area (Å²) in [6.07, 6.45) is 4.44. The molecule has 0 radical (unpaired) electrons. The highest BCUT2D eigenvalue weighted by atomic mass is 16.5. The summed E-state index contributed by atoms with van der Waals surface area (Å²) < 4.78 is 5.61. The smallest absolute Gasteiger partial charge is 0.196 e. The van der Waals surface area contributed by atoms with E-state index >= 15 is 0 Å². The van der Waals surface area contributed by atoms with Gasteiger partial charge in [0.1, 0.15) is 34.0 Å². The first-order valence-corrected chi connectivity index (χ1v) is 14.4. The third-order valence-electron chi connectivity index (χ3n) is 7.97. The number of hydrogen-bond acceptors (Lipinski definition) is 6. The van der Waals surface area contributed by atoms with E-state index in [9.17, 15) is 15.0 Å². The molecule has 0 saturated heterocycles. The van der Waals surface area contributed by atoms with Gasteiger partial charge in [-0.25, -0.2) is 0 Å². The molecule has 0 unspecified atom stereocenters. The Labute approximate surface area is 246 Å². The Bertz CT molecular complexity index is 1690. The molecule has 0 atom stereocenters. The lowest BCUT2D eigenvalue weighted by atomic mass is 9.78. The highest BCUT2D eigenvalue weighted by molar-refractivity contribution is 6.11. The van der Waals surface area contributed by atoms with E-state index in [1.807, 2.05) is 42.5 Å². The number of aromatic nitrogens is 3. The van der Waals surface area contributed by atoms with E-state index < -0.39 is 0 Å². The van der Waals surface area contributed by atoms with Gasteiger partial charge in [-0.15, -0.1) is 15.0 Å². The third kappa shape index (κ3) is 5.73. The molecular formula is C35H37N3O4. The monoisotopic (exact) mass is 563 g/mol. The number of ether oxygens (including phenoxy) is 1. The Morgan fingerprint density at radius 1 is 0.881 bits per heavy atom. The van der Waals surface area contributed by atoms with Gasteiger partial charge in [-0.05, 0) is 47.7 Å². The molecule has 5 aromatic rings. The second kappa shape index (κ2) is 12.1. The van der Waals surface area contributed by atoms with Crippen molar-refractivity contribution in [2.24, 2.45) is 0 Å². The number of nitrogens with zero attached hydrogens (tertiary/aromatic N) is 3. The minimum Gasteiger partial charge on any atom is -0.507 e. The summed E-state index contributed by atoms with van der Waals surface area (Å²) >= 11 is 0. The number of fused-ring (bicyclic) bond motifs is 1. The molecule has 5 rings (SSSR count). The zero-order valence-electron chi connectivity index (χ0n) is 24.6. The zero-order chi connectivity index (χ0) is 29.9. The standard InChI is InChI=1S/C35H37N3O4/c1-5-6-12-19-35(2,3)25-20-24(33(40)30(22-25)38-36-28-15-10-11-16-29(28)37-38)21-27-31(42-4)18-17-26(34(27)41)32(39)23-13-8-7-9-14-23/h7-11,13-18,20,22,40-41H,5-6,12,19,21H2,1-4H3. The van der Waals surface area contributed by atoms with E-state index in [0.717, 1.165) is 42.3 Å².